The third-order valence-corrected chi connectivity index (χ3v) is 3.09. The lowest BCUT2D eigenvalue weighted by atomic mass is 9.86. The Kier molecular flexibility index (Phi) is 3.82. The molecule has 0 aliphatic heterocycles. The fourth-order valence-electron chi connectivity index (χ4n) is 2.08. The lowest BCUT2D eigenvalue weighted by Crippen LogP contribution is -2.15. The van der Waals surface area contributed by atoms with Gasteiger partial charge in [0.05, 0.1) is 0 Å². The Labute approximate surface area is 110 Å². The van der Waals surface area contributed by atoms with E-state index in [1.165, 1.54) is 13.0 Å². The van der Waals surface area contributed by atoms with Crippen molar-refractivity contribution in [3.05, 3.63) is 46.7 Å². The van der Waals surface area contributed by atoms with Gasteiger partial charge in [-0.3, -0.25) is 9.59 Å². The lowest BCUT2D eigenvalue weighted by Gasteiger charge is -2.21. The molecule has 4 heteroatoms. The van der Waals surface area contributed by atoms with Crippen LogP contribution in [0.3, 0.4) is 0 Å². The zero-order valence-corrected chi connectivity index (χ0v) is 10.7. The Morgan fingerprint density at radius 3 is 2.56 bits per heavy atom. The van der Waals surface area contributed by atoms with E-state index in [1.54, 1.807) is 12.1 Å². The minimum absolute atomic E-state index is 0.0162. The number of rotatable bonds is 2. The van der Waals surface area contributed by atoms with Gasteiger partial charge in [-0.15, -0.1) is 0 Å². The van der Waals surface area contributed by atoms with Crippen molar-refractivity contribution in [3.8, 4) is 0 Å². The highest BCUT2D eigenvalue weighted by Crippen LogP contribution is 2.32. The number of ketones is 1. The van der Waals surface area contributed by atoms with Crippen LogP contribution < -0.4 is 0 Å². The second-order valence-corrected chi connectivity index (χ2v) is 4.76. The molecule has 0 saturated heterocycles. The van der Waals surface area contributed by atoms with Crippen molar-refractivity contribution in [2.75, 3.05) is 0 Å². The first-order chi connectivity index (χ1) is 8.54. The first-order valence-electron chi connectivity index (χ1n) is 5.72. The maximum absolute atomic E-state index is 11.6. The first kappa shape index (κ1) is 12.8. The molecule has 0 saturated carbocycles. The molecule has 0 radical (unpaired) electrons. The molecule has 1 aromatic rings. The molecule has 0 fully saturated rings. The molecule has 1 atom stereocenters. The summed E-state index contributed by atoms with van der Waals surface area (Å²) in [6.45, 7) is 1.33. The second kappa shape index (κ2) is 5.36. The molecule has 0 N–H and O–H groups in total. The Morgan fingerprint density at radius 2 is 1.94 bits per heavy atom. The molecule has 1 aliphatic rings. The predicted molar refractivity (Wildman–Crippen MR) is 68.3 cm³/mol. The van der Waals surface area contributed by atoms with Gasteiger partial charge >= 0.3 is 5.97 Å². The third kappa shape index (κ3) is 3.20. The molecule has 1 aromatic carbocycles. The monoisotopic (exact) mass is 264 g/mol. The molecular formula is C14H13ClO3. The zero-order chi connectivity index (χ0) is 13.1. The molecular weight excluding hydrogens is 252 g/mol. The van der Waals surface area contributed by atoms with Crippen LogP contribution >= 0.6 is 11.6 Å². The van der Waals surface area contributed by atoms with Crippen molar-refractivity contribution in [2.24, 2.45) is 0 Å². The van der Waals surface area contributed by atoms with Gasteiger partial charge in [-0.05, 0) is 23.6 Å². The summed E-state index contributed by atoms with van der Waals surface area (Å²) >= 11 is 5.83. The summed E-state index contributed by atoms with van der Waals surface area (Å²) in [4.78, 5) is 22.5. The molecule has 94 valence electrons. The van der Waals surface area contributed by atoms with Crippen molar-refractivity contribution in [2.45, 2.75) is 25.7 Å². The van der Waals surface area contributed by atoms with Gasteiger partial charge in [-0.2, -0.15) is 0 Å². The molecule has 1 aliphatic carbocycles. The van der Waals surface area contributed by atoms with E-state index < -0.39 is 5.97 Å². The average molecular weight is 265 g/mol. The molecule has 0 unspecified atom stereocenters. The fraction of sp³-hybridized carbons (Fsp3) is 0.286. The molecule has 0 heterocycles. The van der Waals surface area contributed by atoms with E-state index in [9.17, 15) is 9.59 Å². The highest BCUT2D eigenvalue weighted by Gasteiger charge is 2.23. The number of hydrogen-bond donors (Lipinski definition) is 0. The molecule has 18 heavy (non-hydrogen) atoms. The topological polar surface area (TPSA) is 43.4 Å². The summed E-state index contributed by atoms with van der Waals surface area (Å²) in [6.07, 6.45) is 2.41. The minimum atomic E-state index is -0.397. The fourth-order valence-corrected chi connectivity index (χ4v) is 2.21. The van der Waals surface area contributed by atoms with Crippen LogP contribution in [0.15, 0.2) is 36.1 Å². The number of ether oxygens (including phenoxy) is 1. The van der Waals surface area contributed by atoms with E-state index in [1.807, 2.05) is 12.1 Å². The first-order valence-corrected chi connectivity index (χ1v) is 6.09. The summed E-state index contributed by atoms with van der Waals surface area (Å²) in [5, 5.41) is 0.664. The van der Waals surface area contributed by atoms with E-state index in [2.05, 4.69) is 0 Å². The number of carbonyl (C=O) groups is 2. The maximum Gasteiger partial charge on any atom is 0.307 e. The van der Waals surface area contributed by atoms with Crippen molar-refractivity contribution >= 4 is 23.4 Å². The highest BCUT2D eigenvalue weighted by atomic mass is 35.5. The molecule has 2 rings (SSSR count). The van der Waals surface area contributed by atoms with Crippen LogP contribution in [0.5, 0.6) is 0 Å². The van der Waals surface area contributed by atoms with Crippen molar-refractivity contribution in [1.29, 1.82) is 0 Å². The van der Waals surface area contributed by atoms with E-state index >= 15 is 0 Å². The molecule has 0 amide bonds. The number of esters is 1. The van der Waals surface area contributed by atoms with Crippen molar-refractivity contribution in [3.63, 3.8) is 0 Å². The van der Waals surface area contributed by atoms with Crippen LogP contribution in [0, 0.1) is 0 Å². The van der Waals surface area contributed by atoms with Crippen LogP contribution in [-0.4, -0.2) is 11.8 Å². The van der Waals surface area contributed by atoms with Crippen LogP contribution in [-0.2, 0) is 14.3 Å². The van der Waals surface area contributed by atoms with Crippen molar-refractivity contribution in [1.82, 2.24) is 0 Å². The van der Waals surface area contributed by atoms with E-state index in [4.69, 9.17) is 16.3 Å². The van der Waals surface area contributed by atoms with Crippen LogP contribution in [0.4, 0.5) is 0 Å². The summed E-state index contributed by atoms with van der Waals surface area (Å²) in [5.74, 6) is 0.0797. The van der Waals surface area contributed by atoms with Crippen LogP contribution in [0.1, 0.15) is 31.2 Å². The summed E-state index contributed by atoms with van der Waals surface area (Å²) in [7, 11) is 0. The Bertz CT molecular complexity index is 502. The standard InChI is InChI=1S/C14H13ClO3/c1-9(16)18-14-7-11(6-13(17)8-14)10-2-4-12(15)5-3-10/h2-5,8,11H,6-7H2,1H3/t11-/m1/s1. The zero-order valence-electron chi connectivity index (χ0n) is 9.98. The van der Waals surface area contributed by atoms with Gasteiger partial charge in [0.2, 0.25) is 0 Å². The molecule has 3 nitrogen and oxygen atoms in total. The van der Waals surface area contributed by atoms with Crippen LogP contribution in [0.2, 0.25) is 5.02 Å². The van der Waals surface area contributed by atoms with Gasteiger partial charge in [-0.1, -0.05) is 23.7 Å². The quantitative estimate of drug-likeness (QED) is 0.770. The maximum atomic E-state index is 11.6. The highest BCUT2D eigenvalue weighted by molar-refractivity contribution is 6.30. The number of carbonyl (C=O) groups excluding carboxylic acids is 2. The third-order valence-electron chi connectivity index (χ3n) is 2.83. The van der Waals surface area contributed by atoms with Gasteiger partial charge < -0.3 is 4.74 Å². The Hall–Kier alpha value is -1.61. The van der Waals surface area contributed by atoms with E-state index in [0.29, 0.717) is 23.6 Å². The second-order valence-electron chi connectivity index (χ2n) is 4.33. The molecule has 0 aromatic heterocycles. The molecule has 0 spiro atoms. The van der Waals surface area contributed by atoms with Gasteiger partial charge in [0.25, 0.3) is 0 Å². The number of benzene rings is 1. The van der Waals surface area contributed by atoms with E-state index in [0.717, 1.165) is 5.56 Å². The Morgan fingerprint density at radius 1 is 1.28 bits per heavy atom. The average Bonchev–Trinajstić information content (AvgIpc) is 2.28. The van der Waals surface area contributed by atoms with Gasteiger partial charge in [0.1, 0.15) is 5.76 Å². The van der Waals surface area contributed by atoms with E-state index in [-0.39, 0.29) is 11.7 Å². The Balaban J connectivity index is 2.16. The summed E-state index contributed by atoms with van der Waals surface area (Å²) in [6, 6.07) is 7.39. The number of allylic oxidation sites excluding steroid dienone is 2. The number of halogens is 1. The lowest BCUT2D eigenvalue weighted by molar-refractivity contribution is -0.137. The van der Waals surface area contributed by atoms with Crippen LogP contribution in [0.25, 0.3) is 0 Å². The smallest absolute Gasteiger partial charge is 0.307 e. The van der Waals surface area contributed by atoms with Gasteiger partial charge in [-0.25, -0.2) is 0 Å². The van der Waals surface area contributed by atoms with Gasteiger partial charge in [0.15, 0.2) is 5.78 Å². The SMILES string of the molecule is CC(=O)OC1=CC(=O)C[C@@H](c2ccc(Cl)cc2)C1. The molecule has 0 bridgehead atoms. The van der Waals surface area contributed by atoms with Crippen molar-refractivity contribution < 1.29 is 14.3 Å². The normalized spacial score (nSPS) is 19.3. The predicted octanol–water partition coefficient (Wildman–Crippen LogP) is 3.23. The minimum Gasteiger partial charge on any atom is -0.431 e. The summed E-state index contributed by atoms with van der Waals surface area (Å²) in [5.41, 5.74) is 1.03. The number of hydrogen-bond acceptors (Lipinski definition) is 3. The summed E-state index contributed by atoms with van der Waals surface area (Å²) < 4.78 is 5.01. The van der Waals surface area contributed by atoms with Gasteiger partial charge in [0, 0.05) is 30.9 Å². The largest absolute Gasteiger partial charge is 0.431 e.